The average molecular weight is 415 g/mol. The lowest BCUT2D eigenvalue weighted by atomic mass is 9.95. The zero-order valence-electron chi connectivity index (χ0n) is 16.0. The molecule has 1 atom stereocenters. The molecule has 1 aliphatic rings. The Morgan fingerprint density at radius 3 is 2.60 bits per heavy atom. The van der Waals surface area contributed by atoms with Crippen LogP contribution in [0.3, 0.4) is 0 Å². The Hall–Kier alpha value is -3.13. The molecule has 30 heavy (non-hydrogen) atoms. The Morgan fingerprint density at radius 1 is 1.03 bits per heavy atom. The van der Waals surface area contributed by atoms with Crippen LogP contribution < -0.4 is 0 Å². The van der Waals surface area contributed by atoms with Gasteiger partial charge in [0.1, 0.15) is 0 Å². The van der Waals surface area contributed by atoms with Crippen molar-refractivity contribution in [3.05, 3.63) is 99.4 Å². The van der Waals surface area contributed by atoms with Gasteiger partial charge in [0.25, 0.3) is 5.69 Å². The summed E-state index contributed by atoms with van der Waals surface area (Å²) >= 11 is 0. The molecule has 0 saturated heterocycles. The smallest absolute Gasteiger partial charge is 0.350 e. The van der Waals surface area contributed by atoms with Crippen molar-refractivity contribution in [2.45, 2.75) is 31.7 Å². The van der Waals surface area contributed by atoms with Crippen molar-refractivity contribution in [2.24, 2.45) is 0 Å². The summed E-state index contributed by atoms with van der Waals surface area (Å²) in [5, 5.41) is 11.1. The summed E-state index contributed by atoms with van der Waals surface area (Å²) in [5.41, 5.74) is 0.984. The molecule has 1 aromatic heterocycles. The van der Waals surface area contributed by atoms with E-state index in [1.807, 2.05) is 27.8 Å². The van der Waals surface area contributed by atoms with Crippen LogP contribution in [0.1, 0.15) is 34.8 Å². The molecule has 3 aromatic rings. The molecule has 0 fully saturated rings. The number of nitro benzene ring substituents is 1. The monoisotopic (exact) mass is 415 g/mol. The van der Waals surface area contributed by atoms with Crippen molar-refractivity contribution < 1.29 is 18.1 Å². The van der Waals surface area contributed by atoms with Crippen LogP contribution >= 0.6 is 0 Å². The first-order chi connectivity index (χ1) is 14.3. The summed E-state index contributed by atoms with van der Waals surface area (Å²) in [4.78, 5) is 12.6. The molecule has 2 heterocycles. The largest absolute Gasteiger partial charge is 0.416 e. The predicted molar refractivity (Wildman–Crippen MR) is 106 cm³/mol. The Bertz CT molecular complexity index is 1060. The number of aromatic nitrogens is 1. The first-order valence-corrected chi connectivity index (χ1v) is 9.63. The third-order valence-electron chi connectivity index (χ3n) is 5.42. The van der Waals surface area contributed by atoms with Gasteiger partial charge in [-0.25, -0.2) is 0 Å². The first-order valence-electron chi connectivity index (χ1n) is 9.63. The lowest BCUT2D eigenvalue weighted by Gasteiger charge is -2.32. The molecule has 156 valence electrons. The summed E-state index contributed by atoms with van der Waals surface area (Å²) < 4.78 is 43.4. The molecule has 4 rings (SSSR count). The molecule has 0 saturated carbocycles. The molecular weight excluding hydrogens is 395 g/mol. The van der Waals surface area contributed by atoms with Crippen molar-refractivity contribution in [1.82, 2.24) is 9.47 Å². The number of rotatable bonds is 4. The number of benzene rings is 2. The average Bonchev–Trinajstić information content (AvgIpc) is 3.09. The Balaban J connectivity index is 1.80. The maximum atomic E-state index is 13.8. The molecule has 1 unspecified atom stereocenters. The van der Waals surface area contributed by atoms with Crippen LogP contribution in [0.4, 0.5) is 18.9 Å². The van der Waals surface area contributed by atoms with Gasteiger partial charge in [0.05, 0.1) is 16.5 Å². The Morgan fingerprint density at radius 2 is 1.83 bits per heavy atom. The summed E-state index contributed by atoms with van der Waals surface area (Å²) in [6, 6.07) is 15.0. The van der Waals surface area contributed by atoms with Crippen LogP contribution in [0.15, 0.2) is 66.9 Å². The van der Waals surface area contributed by atoms with Crippen molar-refractivity contribution in [3.63, 3.8) is 0 Å². The zero-order valence-corrected chi connectivity index (χ0v) is 16.0. The Kier molecular flexibility index (Phi) is 5.34. The predicted octanol–water partition coefficient (Wildman–Crippen LogP) is 5.41. The van der Waals surface area contributed by atoms with Crippen molar-refractivity contribution in [2.75, 3.05) is 6.54 Å². The lowest BCUT2D eigenvalue weighted by Crippen LogP contribution is -2.31. The highest BCUT2D eigenvalue weighted by Gasteiger charge is 2.38. The number of aryl methyl sites for hydroxylation is 1. The molecule has 0 bridgehead atoms. The highest BCUT2D eigenvalue weighted by atomic mass is 19.4. The van der Waals surface area contributed by atoms with E-state index in [-0.39, 0.29) is 11.3 Å². The van der Waals surface area contributed by atoms with Crippen molar-refractivity contribution in [3.8, 4) is 0 Å². The van der Waals surface area contributed by atoms with Gasteiger partial charge in [-0.05, 0) is 35.7 Å². The van der Waals surface area contributed by atoms with E-state index in [1.165, 1.54) is 24.3 Å². The number of non-ortho nitro benzene ring substituents is 1. The van der Waals surface area contributed by atoms with Crippen LogP contribution in [0.5, 0.6) is 0 Å². The Labute approximate surface area is 171 Å². The van der Waals surface area contributed by atoms with Gasteiger partial charge in [0, 0.05) is 43.7 Å². The topological polar surface area (TPSA) is 51.3 Å². The van der Waals surface area contributed by atoms with Gasteiger partial charge in [-0.2, -0.15) is 13.2 Å². The van der Waals surface area contributed by atoms with E-state index in [4.69, 9.17) is 0 Å². The molecular formula is C22H20F3N3O2. The summed E-state index contributed by atoms with van der Waals surface area (Å²) in [6.45, 7) is 1.59. The van der Waals surface area contributed by atoms with E-state index >= 15 is 0 Å². The second-order valence-corrected chi connectivity index (χ2v) is 7.37. The first kappa shape index (κ1) is 20.2. The number of alkyl halides is 3. The highest BCUT2D eigenvalue weighted by Crippen LogP contribution is 2.40. The molecule has 8 heteroatoms. The third-order valence-corrected chi connectivity index (χ3v) is 5.42. The van der Waals surface area contributed by atoms with Crippen LogP contribution in [0.25, 0.3) is 0 Å². The summed E-state index contributed by atoms with van der Waals surface area (Å²) in [5.74, 6) is 0. The van der Waals surface area contributed by atoms with Gasteiger partial charge in [-0.1, -0.05) is 30.3 Å². The molecule has 0 N–H and O–H groups in total. The van der Waals surface area contributed by atoms with Crippen LogP contribution in [0, 0.1) is 10.1 Å². The number of halogens is 3. The quantitative estimate of drug-likeness (QED) is 0.423. The summed E-state index contributed by atoms with van der Waals surface area (Å²) in [7, 11) is 0. The highest BCUT2D eigenvalue weighted by molar-refractivity contribution is 5.39. The molecule has 0 spiro atoms. The van der Waals surface area contributed by atoms with Crippen LogP contribution in [0.2, 0.25) is 0 Å². The maximum absolute atomic E-state index is 13.8. The minimum absolute atomic E-state index is 0.0297. The van der Waals surface area contributed by atoms with E-state index < -0.39 is 22.7 Å². The van der Waals surface area contributed by atoms with E-state index in [2.05, 4.69) is 0 Å². The van der Waals surface area contributed by atoms with Gasteiger partial charge in [0.15, 0.2) is 0 Å². The van der Waals surface area contributed by atoms with Gasteiger partial charge in [-0.3, -0.25) is 15.0 Å². The van der Waals surface area contributed by atoms with E-state index in [1.54, 1.807) is 18.2 Å². The fourth-order valence-corrected chi connectivity index (χ4v) is 4.16. The van der Waals surface area contributed by atoms with Crippen LogP contribution in [-0.4, -0.2) is 20.9 Å². The summed E-state index contributed by atoms with van der Waals surface area (Å²) in [6.07, 6.45) is -1.83. The van der Waals surface area contributed by atoms with E-state index in [0.717, 1.165) is 18.2 Å². The third kappa shape index (κ3) is 3.95. The number of nitro groups is 1. The fourth-order valence-electron chi connectivity index (χ4n) is 4.16. The second-order valence-electron chi connectivity index (χ2n) is 7.37. The molecule has 5 nitrogen and oxygen atoms in total. The molecule has 2 aromatic carbocycles. The zero-order chi connectivity index (χ0) is 21.3. The number of hydrogen-bond donors (Lipinski definition) is 0. The van der Waals surface area contributed by atoms with Crippen LogP contribution in [-0.2, 0) is 19.3 Å². The minimum Gasteiger partial charge on any atom is -0.350 e. The maximum Gasteiger partial charge on any atom is 0.416 e. The van der Waals surface area contributed by atoms with Gasteiger partial charge in [-0.15, -0.1) is 0 Å². The van der Waals surface area contributed by atoms with Gasteiger partial charge < -0.3 is 4.57 Å². The molecule has 0 aliphatic carbocycles. The lowest BCUT2D eigenvalue weighted by molar-refractivity contribution is -0.384. The molecule has 0 radical (unpaired) electrons. The molecule has 0 amide bonds. The van der Waals surface area contributed by atoms with Gasteiger partial charge >= 0.3 is 6.18 Å². The SMILES string of the molecule is O=[N+]([O-])c1cccc(CN2CCCn3cccc3C2c2ccccc2C(F)(F)F)c1. The van der Waals surface area contributed by atoms with E-state index in [0.29, 0.717) is 25.2 Å². The normalized spacial score (nSPS) is 17.4. The van der Waals surface area contributed by atoms with Crippen molar-refractivity contribution >= 4 is 5.69 Å². The van der Waals surface area contributed by atoms with E-state index in [9.17, 15) is 23.3 Å². The number of hydrogen-bond acceptors (Lipinski definition) is 3. The number of nitrogens with zero attached hydrogens (tertiary/aromatic N) is 3. The minimum atomic E-state index is -4.47. The molecule has 1 aliphatic heterocycles. The number of fused-ring (bicyclic) bond motifs is 1. The van der Waals surface area contributed by atoms with Gasteiger partial charge in [0.2, 0.25) is 0 Å². The second kappa shape index (κ2) is 7.95. The van der Waals surface area contributed by atoms with Crippen molar-refractivity contribution in [1.29, 1.82) is 0 Å². The standard InChI is InChI=1S/C22H20F3N3O2/c23-22(24,25)19-9-2-1-8-18(19)21-20-10-4-11-26(20)12-5-13-27(21)15-16-6-3-7-17(14-16)28(29)30/h1-4,6-11,14,21H,5,12-13,15H2. The fraction of sp³-hybridized carbons (Fsp3) is 0.273.